The van der Waals surface area contributed by atoms with Crippen LogP contribution in [0.15, 0.2) is 108 Å². The van der Waals surface area contributed by atoms with Gasteiger partial charge in [-0.25, -0.2) is 4.39 Å². The van der Waals surface area contributed by atoms with Gasteiger partial charge in [0.15, 0.2) is 0 Å². The number of hydrogen-bond donors (Lipinski definition) is 0. The fourth-order valence-corrected chi connectivity index (χ4v) is 4.88. The van der Waals surface area contributed by atoms with E-state index in [2.05, 4.69) is 4.98 Å². The zero-order valence-corrected chi connectivity index (χ0v) is 21.0. The number of pyridine rings is 1. The van der Waals surface area contributed by atoms with Gasteiger partial charge in [0, 0.05) is 25.3 Å². The lowest BCUT2D eigenvalue weighted by molar-refractivity contribution is 0.412. The van der Waals surface area contributed by atoms with Crippen LogP contribution >= 0.6 is 0 Å². The fourth-order valence-electron chi connectivity index (χ4n) is 4.88. The number of benzene rings is 4. The van der Waals surface area contributed by atoms with E-state index in [1.807, 2.05) is 106 Å². The molecule has 0 aliphatic heterocycles. The van der Waals surface area contributed by atoms with E-state index in [9.17, 15) is 0 Å². The Bertz CT molecular complexity index is 1800. The normalized spacial score (nSPS) is 13.1. The Morgan fingerprint density at radius 3 is 2.16 bits per heavy atom. The van der Waals surface area contributed by atoms with Crippen molar-refractivity contribution in [1.29, 1.82) is 0 Å². The molecule has 0 atom stereocenters. The monoisotopic (exact) mass is 487 g/mol. The lowest BCUT2D eigenvalue weighted by Crippen LogP contribution is -2.09. The van der Waals surface area contributed by atoms with Crippen molar-refractivity contribution in [1.82, 2.24) is 4.98 Å². The Hall–Kier alpha value is -4.24. The number of aromatic nitrogens is 1. The molecular formula is C34H28FNO. The van der Waals surface area contributed by atoms with Gasteiger partial charge in [0.25, 0.3) is 0 Å². The van der Waals surface area contributed by atoms with Crippen molar-refractivity contribution >= 4 is 21.9 Å². The second-order valence-corrected chi connectivity index (χ2v) is 10.3. The Morgan fingerprint density at radius 1 is 0.757 bits per heavy atom. The lowest BCUT2D eigenvalue weighted by Gasteiger charge is -2.19. The van der Waals surface area contributed by atoms with Gasteiger partial charge in [-0.15, -0.1) is 0 Å². The maximum absolute atomic E-state index is 15.6. The molecule has 37 heavy (non-hydrogen) atoms. The maximum atomic E-state index is 15.6. The Morgan fingerprint density at radius 2 is 1.46 bits per heavy atom. The third-order valence-corrected chi connectivity index (χ3v) is 6.47. The second kappa shape index (κ2) is 9.01. The van der Waals surface area contributed by atoms with Gasteiger partial charge in [0.2, 0.25) is 0 Å². The van der Waals surface area contributed by atoms with Gasteiger partial charge in [-0.3, -0.25) is 4.98 Å². The summed E-state index contributed by atoms with van der Waals surface area (Å²) in [5.41, 5.74) is 5.34. The third kappa shape index (κ3) is 4.31. The minimum atomic E-state index is -1.68. The molecule has 0 radical (unpaired) electrons. The molecule has 2 nitrogen and oxygen atoms in total. The average molecular weight is 488 g/mol. The molecule has 6 aromatic rings. The molecule has 0 aliphatic carbocycles. The summed E-state index contributed by atoms with van der Waals surface area (Å²) in [4.78, 5) is 4.52. The lowest BCUT2D eigenvalue weighted by atomic mass is 9.85. The van der Waals surface area contributed by atoms with E-state index in [1.165, 1.54) is 6.07 Å². The van der Waals surface area contributed by atoms with Crippen LogP contribution in [0.3, 0.4) is 0 Å². The zero-order chi connectivity index (χ0) is 27.4. The molecule has 0 saturated carbocycles. The molecule has 0 unspecified atom stereocenters. The van der Waals surface area contributed by atoms with Gasteiger partial charge in [0.05, 0.1) is 11.3 Å². The van der Waals surface area contributed by atoms with Gasteiger partial charge in [-0.2, -0.15) is 0 Å². The quantitative estimate of drug-likeness (QED) is 0.247. The molecule has 0 spiro atoms. The Kier molecular flexibility index (Phi) is 5.09. The summed E-state index contributed by atoms with van der Waals surface area (Å²) in [6, 6.07) is 30.3. The van der Waals surface area contributed by atoms with Gasteiger partial charge >= 0.3 is 0 Å². The van der Waals surface area contributed by atoms with Gasteiger partial charge in [0.1, 0.15) is 17.0 Å². The Balaban J connectivity index is 1.64. The Labute approximate surface area is 219 Å². The van der Waals surface area contributed by atoms with Crippen molar-refractivity contribution in [3.05, 3.63) is 115 Å². The van der Waals surface area contributed by atoms with Crippen molar-refractivity contribution in [2.75, 3.05) is 0 Å². The van der Waals surface area contributed by atoms with Crippen LogP contribution < -0.4 is 0 Å². The minimum absolute atomic E-state index is 0.359. The molecular weight excluding hydrogens is 457 g/mol. The van der Waals surface area contributed by atoms with E-state index < -0.39 is 17.6 Å². The van der Waals surface area contributed by atoms with Gasteiger partial charge in [-0.1, -0.05) is 87.5 Å². The average Bonchev–Trinajstić information content (AvgIpc) is 3.32. The van der Waals surface area contributed by atoms with Crippen LogP contribution in [0.25, 0.3) is 55.4 Å². The smallest absolute Gasteiger partial charge is 0.146 e. The third-order valence-electron chi connectivity index (χ3n) is 6.47. The first-order valence-corrected chi connectivity index (χ1v) is 12.4. The molecule has 2 aromatic heterocycles. The molecule has 3 heteroatoms. The van der Waals surface area contributed by atoms with E-state index in [4.69, 9.17) is 7.16 Å². The number of halogens is 1. The molecule has 182 valence electrons. The predicted octanol–water partition coefficient (Wildman–Crippen LogP) is 9.71. The topological polar surface area (TPSA) is 26.0 Å². The predicted molar refractivity (Wildman–Crippen MR) is 151 cm³/mol. The maximum Gasteiger partial charge on any atom is 0.146 e. The first kappa shape index (κ1) is 20.9. The summed E-state index contributed by atoms with van der Waals surface area (Å²) in [6.07, 6.45) is 0.0299. The van der Waals surface area contributed by atoms with Crippen LogP contribution in [-0.2, 0) is 6.37 Å². The molecule has 0 bridgehead atoms. The van der Waals surface area contributed by atoms with Crippen molar-refractivity contribution in [2.45, 2.75) is 27.1 Å². The first-order valence-electron chi connectivity index (χ1n) is 13.4. The van der Waals surface area contributed by atoms with E-state index in [1.54, 1.807) is 12.3 Å². The van der Waals surface area contributed by atoms with E-state index in [-0.39, 0.29) is 0 Å². The van der Waals surface area contributed by atoms with E-state index in [0.29, 0.717) is 44.3 Å². The number of rotatable bonds is 4. The minimum Gasteiger partial charge on any atom is -0.455 e. The van der Waals surface area contributed by atoms with Crippen LogP contribution in [0.4, 0.5) is 4.39 Å². The number of fused-ring (bicyclic) bond motifs is 3. The fraction of sp³-hybridized carbons (Fsp3) is 0.147. The summed E-state index contributed by atoms with van der Waals surface area (Å²) in [5.74, 6) is -0.395. The summed E-state index contributed by atoms with van der Waals surface area (Å²) in [5, 5.41) is 1.32. The molecule has 6 rings (SSSR count). The summed E-state index contributed by atoms with van der Waals surface area (Å²) in [6.45, 7) is 5.65. The van der Waals surface area contributed by atoms with Crippen molar-refractivity contribution in [3.63, 3.8) is 0 Å². The molecule has 0 aliphatic rings. The first-order chi connectivity index (χ1) is 18.7. The SMILES string of the molecule is [2H]C([2H])(c1ccc(-c2ccccn2)c2oc3c(-c4ccc(-c5ccccc5)cc4)c(F)ccc3c12)C(C)(C)C. The van der Waals surface area contributed by atoms with E-state index >= 15 is 4.39 Å². The highest BCUT2D eigenvalue weighted by molar-refractivity contribution is 6.14. The second-order valence-electron chi connectivity index (χ2n) is 10.3. The van der Waals surface area contributed by atoms with Crippen LogP contribution in [-0.4, -0.2) is 4.98 Å². The van der Waals surface area contributed by atoms with Crippen LogP contribution in [0, 0.1) is 11.2 Å². The van der Waals surface area contributed by atoms with Gasteiger partial charge < -0.3 is 4.42 Å². The molecule has 0 amide bonds. The van der Waals surface area contributed by atoms with Crippen molar-refractivity contribution < 1.29 is 11.5 Å². The van der Waals surface area contributed by atoms with E-state index in [0.717, 1.165) is 16.7 Å². The number of nitrogens with zero attached hydrogens (tertiary/aromatic N) is 1. The van der Waals surface area contributed by atoms with Crippen molar-refractivity contribution in [3.8, 4) is 33.5 Å². The number of furan rings is 1. The highest BCUT2D eigenvalue weighted by Gasteiger charge is 2.23. The highest BCUT2D eigenvalue weighted by Crippen LogP contribution is 2.43. The largest absolute Gasteiger partial charge is 0.455 e. The highest BCUT2D eigenvalue weighted by atomic mass is 19.1. The molecule has 0 saturated heterocycles. The summed E-state index contributed by atoms with van der Waals surface area (Å²) in [7, 11) is 0. The molecule has 2 heterocycles. The molecule has 0 fully saturated rings. The van der Waals surface area contributed by atoms with Crippen LogP contribution in [0.2, 0.25) is 0 Å². The zero-order valence-electron chi connectivity index (χ0n) is 23.0. The van der Waals surface area contributed by atoms with Crippen LogP contribution in [0.1, 0.15) is 29.1 Å². The summed E-state index contributed by atoms with van der Waals surface area (Å²) < 4.78 is 40.3. The van der Waals surface area contributed by atoms with Gasteiger partial charge in [-0.05, 0) is 64.4 Å². The summed E-state index contributed by atoms with van der Waals surface area (Å²) >= 11 is 0. The number of hydrogen-bond acceptors (Lipinski definition) is 2. The molecule has 0 N–H and O–H groups in total. The standard InChI is InChI=1S/C34H28FNO/c1-34(2,3)21-25-16-17-26(29-11-7-8-20-36-29)32-30(25)27-18-19-28(35)31(33(27)37-32)24-14-12-23(13-15-24)22-9-5-4-6-10-22/h4-20H,21H2,1-3H3/i21D2. The molecule has 4 aromatic carbocycles. The van der Waals surface area contributed by atoms with Crippen LogP contribution in [0.5, 0.6) is 0 Å². The van der Waals surface area contributed by atoms with Crippen molar-refractivity contribution in [2.24, 2.45) is 5.41 Å².